The first-order valence-corrected chi connectivity index (χ1v) is 18.9. The average molecular weight is 855 g/mol. The lowest BCUT2D eigenvalue weighted by atomic mass is 9.89. The normalized spacial score (nSPS) is 51.9. The highest BCUT2D eigenvalue weighted by Gasteiger charge is 2.56. The SMILES string of the molecule is CC(C)[C@H]1OC(CO)[C@H](O[C@@H]2OC(CO)[C@@H](O[C@@H]3OC(CO)[C@@H](O[C@@H]4OC(CO)[C@H](O[C@@H]5OC(CO)[C@@H](O)[C@@H](O)C5O)[C@@H](O)C4O)[C@@H](O)C3O)[C@@H](O)C2O)[C@@H](O)C1O. The van der Waals surface area contributed by atoms with E-state index in [1.807, 2.05) is 0 Å². The quantitative estimate of drug-likeness (QED) is 0.0771. The van der Waals surface area contributed by atoms with E-state index in [-0.39, 0.29) is 5.92 Å². The van der Waals surface area contributed by atoms with Gasteiger partial charge in [0.2, 0.25) is 0 Å². The summed E-state index contributed by atoms with van der Waals surface area (Å²) in [7, 11) is 0. The van der Waals surface area contributed by atoms with Crippen LogP contribution in [-0.2, 0) is 42.6 Å². The second kappa shape index (κ2) is 20.5. The molecule has 0 amide bonds. The van der Waals surface area contributed by atoms with Crippen molar-refractivity contribution in [1.29, 1.82) is 0 Å². The molecule has 5 rings (SSSR count). The van der Waals surface area contributed by atoms with Crippen molar-refractivity contribution in [1.82, 2.24) is 0 Å². The molecule has 16 N–H and O–H groups in total. The predicted molar refractivity (Wildman–Crippen MR) is 179 cm³/mol. The fourth-order valence-electron chi connectivity index (χ4n) is 7.63. The molecule has 58 heavy (non-hydrogen) atoms. The summed E-state index contributed by atoms with van der Waals surface area (Å²) in [5.74, 6) is -0.278. The van der Waals surface area contributed by atoms with Crippen LogP contribution in [0.2, 0.25) is 0 Å². The van der Waals surface area contributed by atoms with Crippen LogP contribution < -0.4 is 0 Å². The summed E-state index contributed by atoms with van der Waals surface area (Å²) in [6, 6.07) is 0. The second-order valence-corrected chi connectivity index (χ2v) is 15.3. The van der Waals surface area contributed by atoms with E-state index in [2.05, 4.69) is 0 Å². The molecule has 5 aliphatic heterocycles. The standard InChI is InChI=1S/C33H58O25/c1-8(2)25-16(41)17(42)26(10(4-35)50-25)55-31-22(47)19(44)28(12(6-37)52-31)57-33-24(49)20(45)29(13(7-38)54-33)58-32-23(48)18(43)27(11(5-36)53-32)56-30-21(46)15(40)14(39)9(3-34)51-30/h8-49H,3-7H2,1-2H3/t9?,10?,11?,12?,13?,14-,15-,16?,17+,18+,19+,20+,21?,22?,23?,24?,25-,26+,27+,28-,29-,30+,31+,32+,33+/m1/s1. The van der Waals surface area contributed by atoms with Crippen molar-refractivity contribution in [2.24, 2.45) is 5.92 Å². The first kappa shape index (κ1) is 48.0. The molecule has 0 bridgehead atoms. The summed E-state index contributed by atoms with van der Waals surface area (Å²) in [6.45, 7) is -0.845. The maximum Gasteiger partial charge on any atom is 0.187 e. The van der Waals surface area contributed by atoms with Crippen molar-refractivity contribution in [3.05, 3.63) is 0 Å². The predicted octanol–water partition coefficient (Wildman–Crippen LogP) is -10.2. The van der Waals surface area contributed by atoms with Crippen LogP contribution in [0.3, 0.4) is 0 Å². The topological polar surface area (TPSA) is 407 Å². The molecule has 25 heteroatoms. The molecule has 25 atom stereocenters. The van der Waals surface area contributed by atoms with Crippen molar-refractivity contribution in [3.8, 4) is 0 Å². The van der Waals surface area contributed by atoms with Crippen molar-refractivity contribution in [2.45, 2.75) is 167 Å². The maximum atomic E-state index is 11.1. The summed E-state index contributed by atoms with van der Waals surface area (Å²) < 4.78 is 50.3. The molecule has 5 fully saturated rings. The van der Waals surface area contributed by atoms with E-state index < -0.39 is 186 Å². The Morgan fingerprint density at radius 1 is 0.328 bits per heavy atom. The molecule has 5 saturated heterocycles. The molecular formula is C33H58O25. The lowest BCUT2D eigenvalue weighted by Crippen LogP contribution is -2.68. The number of hydrogen-bond donors (Lipinski definition) is 16. The zero-order valence-electron chi connectivity index (χ0n) is 31.4. The van der Waals surface area contributed by atoms with Crippen molar-refractivity contribution < 1.29 is 124 Å². The van der Waals surface area contributed by atoms with Gasteiger partial charge in [-0.1, -0.05) is 13.8 Å². The molecule has 10 unspecified atom stereocenters. The second-order valence-electron chi connectivity index (χ2n) is 15.3. The molecule has 0 spiro atoms. The monoisotopic (exact) mass is 854 g/mol. The van der Waals surface area contributed by atoms with Crippen molar-refractivity contribution in [3.63, 3.8) is 0 Å². The van der Waals surface area contributed by atoms with Gasteiger partial charge in [-0.05, 0) is 5.92 Å². The summed E-state index contributed by atoms with van der Waals surface area (Å²) in [4.78, 5) is 0. The Labute approximate surface area is 330 Å². The fourth-order valence-corrected chi connectivity index (χ4v) is 7.63. The lowest BCUT2D eigenvalue weighted by molar-refractivity contribution is -0.391. The smallest absolute Gasteiger partial charge is 0.187 e. The summed E-state index contributed by atoms with van der Waals surface area (Å²) >= 11 is 0. The van der Waals surface area contributed by atoms with Gasteiger partial charge in [0.25, 0.3) is 0 Å². The Kier molecular flexibility index (Phi) is 16.9. The Bertz CT molecular complexity index is 1250. The van der Waals surface area contributed by atoms with Crippen LogP contribution in [0.1, 0.15) is 13.8 Å². The van der Waals surface area contributed by atoms with Crippen LogP contribution in [0.25, 0.3) is 0 Å². The molecule has 25 nitrogen and oxygen atoms in total. The number of aliphatic hydroxyl groups is 16. The van der Waals surface area contributed by atoms with E-state index in [1.54, 1.807) is 13.8 Å². The summed E-state index contributed by atoms with van der Waals surface area (Å²) in [5.41, 5.74) is 0. The molecule has 0 aliphatic carbocycles. The highest BCUT2D eigenvalue weighted by Crippen LogP contribution is 2.36. The van der Waals surface area contributed by atoms with E-state index in [0.717, 1.165) is 0 Å². The first-order chi connectivity index (χ1) is 27.4. The fraction of sp³-hybridized carbons (Fsp3) is 1.00. The minimum absolute atomic E-state index is 0.278. The number of rotatable bonds is 14. The Morgan fingerprint density at radius 2 is 0.586 bits per heavy atom. The third-order valence-electron chi connectivity index (χ3n) is 11.0. The molecule has 0 aromatic heterocycles. The van der Waals surface area contributed by atoms with Gasteiger partial charge < -0.3 is 124 Å². The number of aliphatic hydroxyl groups excluding tert-OH is 16. The van der Waals surface area contributed by atoms with Crippen LogP contribution in [0.4, 0.5) is 0 Å². The van der Waals surface area contributed by atoms with E-state index in [0.29, 0.717) is 0 Å². The van der Waals surface area contributed by atoms with E-state index in [1.165, 1.54) is 0 Å². The summed E-state index contributed by atoms with van der Waals surface area (Å²) in [6.07, 6.45) is -43.3. The molecule has 5 aliphatic rings. The van der Waals surface area contributed by atoms with Crippen molar-refractivity contribution >= 4 is 0 Å². The largest absolute Gasteiger partial charge is 0.394 e. The average Bonchev–Trinajstić information content (AvgIpc) is 3.21. The van der Waals surface area contributed by atoms with Gasteiger partial charge in [0, 0.05) is 0 Å². The molecule has 0 saturated carbocycles. The van der Waals surface area contributed by atoms with Gasteiger partial charge >= 0.3 is 0 Å². The minimum Gasteiger partial charge on any atom is -0.394 e. The van der Waals surface area contributed by atoms with Crippen LogP contribution in [-0.4, -0.2) is 268 Å². The molecule has 5 heterocycles. The third kappa shape index (κ3) is 9.64. The van der Waals surface area contributed by atoms with Gasteiger partial charge in [-0.2, -0.15) is 0 Å². The first-order valence-electron chi connectivity index (χ1n) is 18.9. The zero-order chi connectivity index (χ0) is 42.9. The van der Waals surface area contributed by atoms with Gasteiger partial charge in [0.15, 0.2) is 25.2 Å². The van der Waals surface area contributed by atoms with E-state index >= 15 is 0 Å². The Hall–Kier alpha value is -1.00. The maximum absolute atomic E-state index is 11.1. The van der Waals surface area contributed by atoms with Gasteiger partial charge in [0.1, 0.15) is 122 Å². The van der Waals surface area contributed by atoms with E-state index in [4.69, 9.17) is 42.6 Å². The van der Waals surface area contributed by atoms with Gasteiger partial charge in [-0.25, -0.2) is 0 Å². The zero-order valence-corrected chi connectivity index (χ0v) is 31.4. The summed E-state index contributed by atoms with van der Waals surface area (Å²) in [5, 5.41) is 168. The molecular weight excluding hydrogens is 796 g/mol. The highest BCUT2D eigenvalue weighted by atomic mass is 16.8. The van der Waals surface area contributed by atoms with E-state index in [9.17, 15) is 81.7 Å². The Balaban J connectivity index is 1.22. The molecule has 340 valence electrons. The highest BCUT2D eigenvalue weighted by molar-refractivity contribution is 4.99. The molecule has 0 radical (unpaired) electrons. The van der Waals surface area contributed by atoms with Crippen molar-refractivity contribution in [2.75, 3.05) is 33.0 Å². The number of ether oxygens (including phenoxy) is 9. The van der Waals surface area contributed by atoms with Gasteiger partial charge in [-0.3, -0.25) is 0 Å². The lowest BCUT2D eigenvalue weighted by Gasteiger charge is -2.49. The van der Waals surface area contributed by atoms with Crippen LogP contribution in [0, 0.1) is 5.92 Å². The van der Waals surface area contributed by atoms with Gasteiger partial charge in [-0.15, -0.1) is 0 Å². The van der Waals surface area contributed by atoms with Crippen LogP contribution in [0.15, 0.2) is 0 Å². The number of hydrogen-bond acceptors (Lipinski definition) is 25. The molecule has 0 aromatic carbocycles. The van der Waals surface area contributed by atoms with Crippen LogP contribution in [0.5, 0.6) is 0 Å². The molecule has 0 aromatic rings. The van der Waals surface area contributed by atoms with Crippen LogP contribution >= 0.6 is 0 Å². The third-order valence-corrected chi connectivity index (χ3v) is 11.0. The van der Waals surface area contributed by atoms with Gasteiger partial charge in [0.05, 0.1) is 39.1 Å². The Morgan fingerprint density at radius 3 is 0.879 bits per heavy atom. The minimum atomic E-state index is -2.10.